The SMILES string of the molecule is BrP1Oc2ccccc2-c2c1ccc1ccccc21. The van der Waals surface area contributed by atoms with Gasteiger partial charge in [0.25, 0.3) is 0 Å². The van der Waals surface area contributed by atoms with Crippen LogP contribution in [0.5, 0.6) is 5.75 Å². The molecule has 0 saturated heterocycles. The van der Waals surface area contributed by atoms with E-state index < -0.39 is 6.85 Å². The summed E-state index contributed by atoms with van der Waals surface area (Å²) in [6.45, 7) is -0.755. The van der Waals surface area contributed by atoms with E-state index in [2.05, 4.69) is 64.0 Å². The highest BCUT2D eigenvalue weighted by Gasteiger charge is 2.25. The van der Waals surface area contributed by atoms with Gasteiger partial charge in [-0.05, 0) is 38.4 Å². The highest BCUT2D eigenvalue weighted by molar-refractivity contribution is 9.39. The molecule has 0 radical (unpaired) electrons. The van der Waals surface area contributed by atoms with Gasteiger partial charge in [0.1, 0.15) is 5.75 Å². The second-order valence-electron chi connectivity index (χ2n) is 4.51. The van der Waals surface area contributed by atoms with Crippen molar-refractivity contribution in [2.45, 2.75) is 0 Å². The monoisotopic (exact) mass is 328 g/mol. The van der Waals surface area contributed by atoms with E-state index in [1.54, 1.807) is 0 Å². The highest BCUT2D eigenvalue weighted by Crippen LogP contribution is 2.54. The molecule has 3 aromatic rings. The van der Waals surface area contributed by atoms with Gasteiger partial charge in [-0.3, -0.25) is 0 Å². The van der Waals surface area contributed by atoms with Gasteiger partial charge < -0.3 is 4.52 Å². The van der Waals surface area contributed by atoms with E-state index in [-0.39, 0.29) is 0 Å². The third-order valence-electron chi connectivity index (χ3n) is 3.43. The second kappa shape index (κ2) is 4.33. The lowest BCUT2D eigenvalue weighted by molar-refractivity contribution is 0.635. The van der Waals surface area contributed by atoms with Crippen LogP contribution >= 0.6 is 22.3 Å². The Bertz CT molecular complexity index is 785. The molecule has 0 N–H and O–H groups in total. The predicted octanol–water partition coefficient (Wildman–Crippen LogP) is 5.23. The topological polar surface area (TPSA) is 9.23 Å². The van der Waals surface area contributed by atoms with E-state index in [0.29, 0.717) is 0 Å². The van der Waals surface area contributed by atoms with Crippen molar-refractivity contribution in [3.05, 3.63) is 60.7 Å². The summed E-state index contributed by atoms with van der Waals surface area (Å²) in [6, 6.07) is 21.1. The van der Waals surface area contributed by atoms with Crippen LogP contribution in [0.1, 0.15) is 0 Å². The summed E-state index contributed by atoms with van der Waals surface area (Å²) >= 11 is 3.69. The number of halogens is 1. The summed E-state index contributed by atoms with van der Waals surface area (Å²) in [6.07, 6.45) is 0. The first-order valence-corrected chi connectivity index (χ1v) is 9.37. The first kappa shape index (κ1) is 11.5. The average molecular weight is 329 g/mol. The predicted molar refractivity (Wildman–Crippen MR) is 85.5 cm³/mol. The van der Waals surface area contributed by atoms with Gasteiger partial charge in [-0.2, -0.15) is 0 Å². The van der Waals surface area contributed by atoms with Gasteiger partial charge in [0.2, 0.25) is 0 Å². The van der Waals surface area contributed by atoms with E-state index >= 15 is 0 Å². The van der Waals surface area contributed by atoms with Crippen molar-refractivity contribution in [2.24, 2.45) is 0 Å². The summed E-state index contributed by atoms with van der Waals surface area (Å²) in [5.74, 6) is 0.967. The molecule has 1 aliphatic heterocycles. The van der Waals surface area contributed by atoms with E-state index in [0.717, 1.165) is 5.75 Å². The van der Waals surface area contributed by atoms with Crippen molar-refractivity contribution < 1.29 is 4.52 Å². The van der Waals surface area contributed by atoms with Gasteiger partial charge in [0, 0.05) is 16.4 Å². The molecule has 0 bridgehead atoms. The quantitative estimate of drug-likeness (QED) is 0.513. The second-order valence-corrected chi connectivity index (χ2v) is 7.60. The Balaban J connectivity index is 2.16. The smallest absolute Gasteiger partial charge is 0.189 e. The van der Waals surface area contributed by atoms with Gasteiger partial charge in [0.15, 0.2) is 6.85 Å². The van der Waals surface area contributed by atoms with Crippen LogP contribution < -0.4 is 9.83 Å². The molecule has 0 aliphatic carbocycles. The van der Waals surface area contributed by atoms with Crippen LogP contribution in [-0.2, 0) is 0 Å². The minimum atomic E-state index is -0.755. The fraction of sp³-hybridized carbons (Fsp3) is 0. The Morgan fingerprint density at radius 1 is 0.842 bits per heavy atom. The lowest BCUT2D eigenvalue weighted by Gasteiger charge is -2.25. The summed E-state index contributed by atoms with van der Waals surface area (Å²) in [5, 5.41) is 3.82. The van der Waals surface area contributed by atoms with Crippen molar-refractivity contribution in [3.63, 3.8) is 0 Å². The fourth-order valence-corrected chi connectivity index (χ4v) is 4.97. The standard InChI is InChI=1S/C16H10BrOP/c17-19-15-10-9-11-5-1-2-6-12(11)16(15)13-7-3-4-8-14(13)18-19/h1-10H. The average Bonchev–Trinajstić information content (AvgIpc) is 2.47. The Morgan fingerprint density at radius 2 is 1.63 bits per heavy atom. The number of hydrogen-bond acceptors (Lipinski definition) is 1. The molecule has 4 rings (SSSR count). The Kier molecular flexibility index (Phi) is 2.61. The van der Waals surface area contributed by atoms with E-state index in [9.17, 15) is 0 Å². The van der Waals surface area contributed by atoms with E-state index in [4.69, 9.17) is 4.52 Å². The first-order valence-electron chi connectivity index (χ1n) is 6.09. The molecule has 1 unspecified atom stereocenters. The van der Waals surface area contributed by atoms with Gasteiger partial charge >= 0.3 is 0 Å². The van der Waals surface area contributed by atoms with Gasteiger partial charge in [-0.15, -0.1) is 0 Å². The molecule has 0 saturated carbocycles. The maximum absolute atomic E-state index is 5.99. The largest absolute Gasteiger partial charge is 0.457 e. The molecular formula is C16H10BrOP. The summed E-state index contributed by atoms with van der Waals surface area (Å²) in [7, 11) is 0. The number of para-hydroxylation sites is 1. The number of hydrogen-bond donors (Lipinski definition) is 0. The molecule has 3 aromatic carbocycles. The Labute approximate surface area is 120 Å². The third-order valence-corrected chi connectivity index (χ3v) is 6.12. The first-order chi connectivity index (χ1) is 9.34. The van der Waals surface area contributed by atoms with Gasteiger partial charge in [-0.25, -0.2) is 0 Å². The number of benzene rings is 3. The van der Waals surface area contributed by atoms with Crippen LogP contribution in [0, 0.1) is 0 Å². The van der Waals surface area contributed by atoms with Crippen LogP contribution in [0.25, 0.3) is 21.9 Å². The lowest BCUT2D eigenvalue weighted by Crippen LogP contribution is -2.11. The van der Waals surface area contributed by atoms with E-state index in [1.807, 2.05) is 12.1 Å². The molecule has 0 aromatic heterocycles. The van der Waals surface area contributed by atoms with Crippen LogP contribution in [0.3, 0.4) is 0 Å². The number of fused-ring (bicyclic) bond motifs is 5. The molecular weight excluding hydrogens is 319 g/mol. The summed E-state index contributed by atoms with van der Waals surface area (Å²) in [5.41, 5.74) is 2.50. The van der Waals surface area contributed by atoms with Crippen molar-refractivity contribution in [3.8, 4) is 16.9 Å². The van der Waals surface area contributed by atoms with Gasteiger partial charge in [0.05, 0.1) is 0 Å². The van der Waals surface area contributed by atoms with E-state index in [1.165, 1.54) is 27.2 Å². The minimum absolute atomic E-state index is 0.755. The molecule has 3 heteroatoms. The zero-order chi connectivity index (χ0) is 12.8. The van der Waals surface area contributed by atoms with Crippen molar-refractivity contribution >= 4 is 38.4 Å². The van der Waals surface area contributed by atoms with Crippen LogP contribution in [0.2, 0.25) is 0 Å². The minimum Gasteiger partial charge on any atom is -0.457 e. The Morgan fingerprint density at radius 3 is 2.58 bits per heavy atom. The maximum atomic E-state index is 5.99. The van der Waals surface area contributed by atoms with Crippen molar-refractivity contribution in [1.29, 1.82) is 0 Å². The lowest BCUT2D eigenvalue weighted by atomic mass is 9.97. The highest BCUT2D eigenvalue weighted by atomic mass is 79.9. The molecule has 0 spiro atoms. The van der Waals surface area contributed by atoms with Crippen LogP contribution in [0.15, 0.2) is 60.7 Å². The number of rotatable bonds is 0. The van der Waals surface area contributed by atoms with Crippen LogP contribution in [0.4, 0.5) is 0 Å². The normalized spacial score (nSPS) is 16.6. The maximum Gasteiger partial charge on any atom is 0.189 e. The molecule has 1 heterocycles. The molecule has 92 valence electrons. The summed E-state index contributed by atoms with van der Waals surface area (Å²) in [4.78, 5) is 0. The van der Waals surface area contributed by atoms with Gasteiger partial charge in [-0.1, -0.05) is 48.5 Å². The third kappa shape index (κ3) is 1.71. The molecule has 1 aliphatic rings. The molecule has 0 amide bonds. The molecule has 0 fully saturated rings. The summed E-state index contributed by atoms with van der Waals surface area (Å²) < 4.78 is 5.99. The zero-order valence-corrected chi connectivity index (χ0v) is 12.5. The molecule has 1 nitrogen and oxygen atoms in total. The Hall–Kier alpha value is -1.37. The van der Waals surface area contributed by atoms with Crippen molar-refractivity contribution in [2.75, 3.05) is 0 Å². The van der Waals surface area contributed by atoms with Crippen molar-refractivity contribution in [1.82, 2.24) is 0 Å². The van der Waals surface area contributed by atoms with Crippen LogP contribution in [-0.4, -0.2) is 0 Å². The molecule has 19 heavy (non-hydrogen) atoms. The fourth-order valence-electron chi connectivity index (χ4n) is 2.58. The zero-order valence-electron chi connectivity index (χ0n) is 10.0. The molecule has 1 atom stereocenters.